The third kappa shape index (κ3) is 3.09. The fourth-order valence-electron chi connectivity index (χ4n) is 1.58. The van der Waals surface area contributed by atoms with Crippen LogP contribution in [0.5, 0.6) is 11.5 Å². The Morgan fingerprint density at radius 3 is 2.79 bits per heavy atom. The Hall–Kier alpha value is -1.94. The van der Waals surface area contributed by atoms with E-state index < -0.39 is 5.82 Å². The van der Waals surface area contributed by atoms with Gasteiger partial charge in [0.25, 0.3) is 0 Å². The maximum absolute atomic E-state index is 13.7. The van der Waals surface area contributed by atoms with Crippen LogP contribution in [0.15, 0.2) is 36.4 Å². The predicted octanol–water partition coefficient (Wildman–Crippen LogP) is 3.65. The van der Waals surface area contributed by atoms with E-state index in [4.69, 9.17) is 26.8 Å². The summed E-state index contributed by atoms with van der Waals surface area (Å²) in [6, 6.07) is 9.80. The summed E-state index contributed by atoms with van der Waals surface area (Å²) >= 11 is 5.70. The molecule has 0 saturated carbocycles. The average molecular weight is 282 g/mol. The molecule has 19 heavy (non-hydrogen) atoms. The Morgan fingerprint density at radius 2 is 2.05 bits per heavy atom. The van der Waals surface area contributed by atoms with E-state index in [0.717, 1.165) is 0 Å². The monoisotopic (exact) mass is 281 g/mol. The molecule has 0 unspecified atom stereocenters. The zero-order valence-electron chi connectivity index (χ0n) is 10.3. The second-order valence-corrected chi connectivity index (χ2v) is 4.31. The molecular formula is C14H13ClFNO2. The van der Waals surface area contributed by atoms with Crippen molar-refractivity contribution in [2.24, 2.45) is 0 Å². The van der Waals surface area contributed by atoms with E-state index in [-0.39, 0.29) is 11.6 Å². The molecule has 0 saturated heterocycles. The van der Waals surface area contributed by atoms with Crippen LogP contribution >= 0.6 is 11.6 Å². The molecule has 2 N–H and O–H groups in total. The molecule has 0 fully saturated rings. The van der Waals surface area contributed by atoms with Gasteiger partial charge in [0.15, 0.2) is 0 Å². The maximum Gasteiger partial charge on any atom is 0.148 e. The quantitative estimate of drug-likeness (QED) is 0.870. The minimum Gasteiger partial charge on any atom is -0.497 e. The second-order valence-electron chi connectivity index (χ2n) is 3.91. The fraction of sp³-hybridized carbons (Fsp3) is 0.143. The molecule has 0 aromatic heterocycles. The molecule has 100 valence electrons. The molecule has 3 nitrogen and oxygen atoms in total. The summed E-state index contributed by atoms with van der Waals surface area (Å²) in [5.41, 5.74) is 6.61. The van der Waals surface area contributed by atoms with E-state index in [1.807, 2.05) is 0 Å². The molecule has 2 aromatic rings. The summed E-state index contributed by atoms with van der Waals surface area (Å²) in [7, 11) is 1.55. The Bertz CT molecular complexity index is 590. The summed E-state index contributed by atoms with van der Waals surface area (Å²) in [4.78, 5) is 0. The van der Waals surface area contributed by atoms with Crippen molar-refractivity contribution in [2.45, 2.75) is 6.61 Å². The third-order valence-corrected chi connectivity index (χ3v) is 2.93. The Balaban J connectivity index is 2.16. The molecule has 2 aromatic carbocycles. The Morgan fingerprint density at radius 1 is 1.26 bits per heavy atom. The molecule has 0 spiro atoms. The van der Waals surface area contributed by atoms with Gasteiger partial charge in [-0.25, -0.2) is 4.39 Å². The number of anilines is 1. The van der Waals surface area contributed by atoms with Crippen LogP contribution in [0.3, 0.4) is 0 Å². The predicted molar refractivity (Wildman–Crippen MR) is 73.1 cm³/mol. The minimum atomic E-state index is -0.481. The topological polar surface area (TPSA) is 44.5 Å². The van der Waals surface area contributed by atoms with Gasteiger partial charge in [-0.1, -0.05) is 23.7 Å². The Labute approximate surface area is 115 Å². The van der Waals surface area contributed by atoms with Gasteiger partial charge in [0.2, 0.25) is 0 Å². The van der Waals surface area contributed by atoms with Gasteiger partial charge in [0.1, 0.15) is 23.9 Å². The zero-order valence-corrected chi connectivity index (χ0v) is 11.1. The van der Waals surface area contributed by atoms with Crippen molar-refractivity contribution < 1.29 is 13.9 Å². The van der Waals surface area contributed by atoms with Crippen molar-refractivity contribution in [1.82, 2.24) is 0 Å². The molecule has 0 atom stereocenters. The highest BCUT2D eigenvalue weighted by molar-refractivity contribution is 6.30. The maximum atomic E-state index is 13.7. The number of nitrogen functional groups attached to an aromatic ring is 1. The molecule has 2 rings (SSSR count). The summed E-state index contributed by atoms with van der Waals surface area (Å²) in [6.45, 7) is 0.0454. The molecule has 0 aliphatic rings. The van der Waals surface area contributed by atoms with E-state index in [9.17, 15) is 4.39 Å². The van der Waals surface area contributed by atoms with Crippen LogP contribution in [-0.2, 0) is 6.61 Å². The lowest BCUT2D eigenvalue weighted by molar-refractivity contribution is 0.299. The molecule has 0 radical (unpaired) electrons. The van der Waals surface area contributed by atoms with E-state index >= 15 is 0 Å². The van der Waals surface area contributed by atoms with Gasteiger partial charge < -0.3 is 15.2 Å². The van der Waals surface area contributed by atoms with Gasteiger partial charge >= 0.3 is 0 Å². The minimum absolute atomic E-state index is 0.0454. The van der Waals surface area contributed by atoms with Crippen molar-refractivity contribution in [1.29, 1.82) is 0 Å². The molecule has 0 amide bonds. The first-order valence-electron chi connectivity index (χ1n) is 5.61. The summed E-state index contributed by atoms with van der Waals surface area (Å²) in [5, 5.41) is 0.0692. The van der Waals surface area contributed by atoms with Gasteiger partial charge in [-0.05, 0) is 18.2 Å². The third-order valence-electron chi connectivity index (χ3n) is 2.64. The van der Waals surface area contributed by atoms with Crippen LogP contribution in [0.2, 0.25) is 5.02 Å². The average Bonchev–Trinajstić information content (AvgIpc) is 2.42. The van der Waals surface area contributed by atoms with Crippen molar-refractivity contribution in [3.63, 3.8) is 0 Å². The van der Waals surface area contributed by atoms with Crippen molar-refractivity contribution in [3.8, 4) is 11.5 Å². The lowest BCUT2D eigenvalue weighted by Gasteiger charge is -2.11. The van der Waals surface area contributed by atoms with Crippen LogP contribution in [0, 0.1) is 5.82 Å². The standard InChI is InChI=1S/C14H13ClFNO2/c1-18-10-5-6-12(17)13(7-10)19-8-9-3-2-4-11(15)14(9)16/h2-7H,8,17H2,1H3. The normalized spacial score (nSPS) is 10.3. The van der Waals surface area contributed by atoms with Crippen LogP contribution < -0.4 is 15.2 Å². The van der Waals surface area contributed by atoms with Crippen molar-refractivity contribution in [3.05, 3.63) is 52.8 Å². The number of hydrogen-bond donors (Lipinski definition) is 1. The first-order chi connectivity index (χ1) is 9.11. The molecule has 0 bridgehead atoms. The van der Waals surface area contributed by atoms with Crippen LogP contribution in [-0.4, -0.2) is 7.11 Å². The van der Waals surface area contributed by atoms with Gasteiger partial charge in [-0.2, -0.15) is 0 Å². The van der Waals surface area contributed by atoms with Crippen LogP contribution in [0.1, 0.15) is 5.56 Å². The molecule has 5 heteroatoms. The molecular weight excluding hydrogens is 269 g/mol. The SMILES string of the molecule is COc1ccc(N)c(OCc2cccc(Cl)c2F)c1. The lowest BCUT2D eigenvalue weighted by Crippen LogP contribution is -2.01. The molecule has 0 heterocycles. The fourth-order valence-corrected chi connectivity index (χ4v) is 1.78. The highest BCUT2D eigenvalue weighted by Gasteiger charge is 2.08. The first-order valence-corrected chi connectivity index (χ1v) is 5.99. The van der Waals surface area contributed by atoms with E-state index in [2.05, 4.69) is 0 Å². The van der Waals surface area contributed by atoms with Gasteiger partial charge in [-0.15, -0.1) is 0 Å². The number of hydrogen-bond acceptors (Lipinski definition) is 3. The summed E-state index contributed by atoms with van der Waals surface area (Å²) < 4.78 is 24.3. The highest BCUT2D eigenvalue weighted by Crippen LogP contribution is 2.28. The summed E-state index contributed by atoms with van der Waals surface area (Å²) in [5.74, 6) is 0.583. The number of ether oxygens (including phenoxy) is 2. The number of nitrogens with two attached hydrogens (primary N) is 1. The summed E-state index contributed by atoms with van der Waals surface area (Å²) in [6.07, 6.45) is 0. The first kappa shape index (κ1) is 13.5. The van der Waals surface area contributed by atoms with E-state index in [0.29, 0.717) is 22.7 Å². The van der Waals surface area contributed by atoms with Crippen molar-refractivity contribution in [2.75, 3.05) is 12.8 Å². The zero-order chi connectivity index (χ0) is 13.8. The second kappa shape index (κ2) is 5.80. The number of benzene rings is 2. The van der Waals surface area contributed by atoms with Gasteiger partial charge in [0.05, 0.1) is 17.8 Å². The smallest absolute Gasteiger partial charge is 0.148 e. The van der Waals surface area contributed by atoms with Crippen LogP contribution in [0.4, 0.5) is 10.1 Å². The number of halogens is 2. The lowest BCUT2D eigenvalue weighted by atomic mass is 10.2. The number of rotatable bonds is 4. The van der Waals surface area contributed by atoms with Crippen LogP contribution in [0.25, 0.3) is 0 Å². The van der Waals surface area contributed by atoms with E-state index in [1.54, 1.807) is 37.4 Å². The van der Waals surface area contributed by atoms with E-state index in [1.165, 1.54) is 6.07 Å². The van der Waals surface area contributed by atoms with Gasteiger partial charge in [0, 0.05) is 11.6 Å². The molecule has 0 aliphatic carbocycles. The van der Waals surface area contributed by atoms with Crippen molar-refractivity contribution >= 4 is 17.3 Å². The number of methoxy groups -OCH3 is 1. The Kier molecular flexibility index (Phi) is 4.12. The molecule has 0 aliphatic heterocycles. The van der Waals surface area contributed by atoms with Gasteiger partial charge in [-0.3, -0.25) is 0 Å². The largest absolute Gasteiger partial charge is 0.497 e. The highest BCUT2D eigenvalue weighted by atomic mass is 35.5.